The van der Waals surface area contributed by atoms with Crippen LogP contribution in [0, 0.1) is 0 Å². The summed E-state index contributed by atoms with van der Waals surface area (Å²) in [6, 6.07) is 0. The van der Waals surface area contributed by atoms with E-state index in [0.29, 0.717) is 0 Å². The molecule has 1 aliphatic rings. The van der Waals surface area contributed by atoms with Crippen LogP contribution in [0.2, 0.25) is 0 Å². The minimum Gasteiger partial charge on any atom is -0.315 e. The molecule has 0 fully saturated rings. The molecule has 0 bridgehead atoms. The zero-order chi connectivity index (χ0) is 9.80. The predicted molar refractivity (Wildman–Crippen MR) is 62.5 cm³/mol. The second kappa shape index (κ2) is 6.08. The maximum Gasteiger partial charge on any atom is 0.134 e. The van der Waals surface area contributed by atoms with Crippen molar-refractivity contribution in [2.45, 2.75) is 39.2 Å². The van der Waals surface area contributed by atoms with E-state index < -0.39 is 0 Å². The normalized spacial score (nSPS) is 15.3. The van der Waals surface area contributed by atoms with Crippen molar-refractivity contribution in [1.29, 1.82) is 0 Å². The molecule has 1 aliphatic heterocycles. The fourth-order valence-electron chi connectivity index (χ4n) is 1.85. The Labute approximate surface area is 96.9 Å². The average Bonchev–Trinajstić information content (AvgIpc) is 2.45. The molecule has 0 atom stereocenters. The second-order valence-corrected chi connectivity index (χ2v) is 3.79. The summed E-state index contributed by atoms with van der Waals surface area (Å²) in [6.07, 6.45) is 4.52. The molecule has 0 radical (unpaired) electrons. The summed E-state index contributed by atoms with van der Waals surface area (Å²) >= 11 is 0. The number of hydrogen-bond acceptors (Lipinski definition) is 3. The molecule has 1 N–H and O–H groups in total. The van der Waals surface area contributed by atoms with E-state index in [4.69, 9.17) is 0 Å². The Morgan fingerprint density at radius 2 is 2.20 bits per heavy atom. The van der Waals surface area contributed by atoms with Crippen LogP contribution >= 0.6 is 12.4 Å². The van der Waals surface area contributed by atoms with Gasteiger partial charge < -0.3 is 9.88 Å². The Morgan fingerprint density at radius 1 is 1.33 bits per heavy atom. The van der Waals surface area contributed by atoms with Crippen LogP contribution in [0.25, 0.3) is 0 Å². The van der Waals surface area contributed by atoms with Crippen LogP contribution in [0.15, 0.2) is 0 Å². The summed E-state index contributed by atoms with van der Waals surface area (Å²) < 4.78 is 2.29. The van der Waals surface area contributed by atoms with Crippen LogP contribution in [0.4, 0.5) is 0 Å². The Balaban J connectivity index is 0.00000112. The molecule has 86 valence electrons. The first-order valence-electron chi connectivity index (χ1n) is 5.53. The molecule has 0 saturated carbocycles. The number of nitrogens with one attached hydrogen (secondary N) is 1. The van der Waals surface area contributed by atoms with Crippen molar-refractivity contribution in [1.82, 2.24) is 20.1 Å². The van der Waals surface area contributed by atoms with Crippen molar-refractivity contribution >= 4 is 12.4 Å². The number of halogens is 1. The zero-order valence-electron chi connectivity index (χ0n) is 9.20. The lowest BCUT2D eigenvalue weighted by molar-refractivity contribution is 0.605. The molecule has 0 saturated heterocycles. The van der Waals surface area contributed by atoms with E-state index in [9.17, 15) is 0 Å². The third kappa shape index (κ3) is 2.92. The molecule has 1 aromatic rings. The van der Waals surface area contributed by atoms with Crippen LogP contribution in [-0.4, -0.2) is 27.9 Å². The summed E-state index contributed by atoms with van der Waals surface area (Å²) in [5.41, 5.74) is 0. The summed E-state index contributed by atoms with van der Waals surface area (Å²) in [6.45, 7) is 5.32. The molecular formula is C10H19ClN4. The van der Waals surface area contributed by atoms with Crippen LogP contribution in [0.3, 0.4) is 0 Å². The molecule has 15 heavy (non-hydrogen) atoms. The van der Waals surface area contributed by atoms with E-state index in [-0.39, 0.29) is 12.4 Å². The number of rotatable bonds is 3. The first-order chi connectivity index (χ1) is 6.92. The molecule has 0 aliphatic carbocycles. The smallest absolute Gasteiger partial charge is 0.134 e. The van der Waals surface area contributed by atoms with Gasteiger partial charge in [-0.2, -0.15) is 0 Å². The average molecular weight is 231 g/mol. The SMILES string of the molecule is CCCCc1nnc2n1CCNCC2.Cl. The molecular weight excluding hydrogens is 212 g/mol. The Bertz CT molecular complexity index is 298. The van der Waals surface area contributed by atoms with Crippen LogP contribution in [0.5, 0.6) is 0 Å². The minimum absolute atomic E-state index is 0. The Hall–Kier alpha value is -0.610. The summed E-state index contributed by atoms with van der Waals surface area (Å²) in [5.74, 6) is 2.33. The van der Waals surface area contributed by atoms with Gasteiger partial charge >= 0.3 is 0 Å². The van der Waals surface area contributed by atoms with E-state index in [1.54, 1.807) is 0 Å². The summed E-state index contributed by atoms with van der Waals surface area (Å²) in [7, 11) is 0. The largest absolute Gasteiger partial charge is 0.315 e. The van der Waals surface area contributed by atoms with Crippen LogP contribution in [0.1, 0.15) is 31.4 Å². The molecule has 2 heterocycles. The van der Waals surface area contributed by atoms with Gasteiger partial charge in [-0.25, -0.2) is 0 Å². The predicted octanol–water partition coefficient (Wildman–Crippen LogP) is 1.19. The van der Waals surface area contributed by atoms with Gasteiger partial charge in [-0.05, 0) is 6.42 Å². The van der Waals surface area contributed by atoms with Gasteiger partial charge in [0.1, 0.15) is 11.6 Å². The lowest BCUT2D eigenvalue weighted by Crippen LogP contribution is -2.18. The monoisotopic (exact) mass is 230 g/mol. The zero-order valence-corrected chi connectivity index (χ0v) is 10.0. The number of nitrogens with zero attached hydrogens (tertiary/aromatic N) is 3. The van der Waals surface area contributed by atoms with Gasteiger partial charge in [0, 0.05) is 32.5 Å². The molecule has 1 aromatic heterocycles. The number of aromatic nitrogens is 3. The summed E-state index contributed by atoms with van der Waals surface area (Å²) in [5, 5.41) is 11.9. The quantitative estimate of drug-likeness (QED) is 0.849. The highest BCUT2D eigenvalue weighted by Crippen LogP contribution is 2.08. The molecule has 0 aromatic carbocycles. The highest BCUT2D eigenvalue weighted by atomic mass is 35.5. The highest BCUT2D eigenvalue weighted by molar-refractivity contribution is 5.85. The van der Waals surface area contributed by atoms with Gasteiger partial charge in [0.05, 0.1) is 0 Å². The van der Waals surface area contributed by atoms with Gasteiger partial charge in [0.15, 0.2) is 0 Å². The maximum absolute atomic E-state index is 4.26. The molecule has 5 heteroatoms. The molecule has 0 spiro atoms. The number of hydrogen-bond donors (Lipinski definition) is 1. The highest BCUT2D eigenvalue weighted by Gasteiger charge is 2.13. The van der Waals surface area contributed by atoms with E-state index >= 15 is 0 Å². The van der Waals surface area contributed by atoms with Gasteiger partial charge in [-0.3, -0.25) is 0 Å². The maximum atomic E-state index is 4.26. The van der Waals surface area contributed by atoms with Gasteiger partial charge in [-0.1, -0.05) is 13.3 Å². The number of fused-ring (bicyclic) bond motifs is 1. The van der Waals surface area contributed by atoms with Gasteiger partial charge in [0.25, 0.3) is 0 Å². The minimum atomic E-state index is 0. The molecule has 4 nitrogen and oxygen atoms in total. The van der Waals surface area contributed by atoms with Crippen molar-refractivity contribution in [2.24, 2.45) is 0 Å². The van der Waals surface area contributed by atoms with Crippen LogP contribution in [-0.2, 0) is 19.4 Å². The second-order valence-electron chi connectivity index (χ2n) is 3.79. The molecule has 2 rings (SSSR count). The van der Waals surface area contributed by atoms with E-state index in [1.165, 1.54) is 18.7 Å². The molecule has 0 amide bonds. The van der Waals surface area contributed by atoms with E-state index in [1.807, 2.05) is 0 Å². The van der Waals surface area contributed by atoms with Gasteiger partial charge in [0.2, 0.25) is 0 Å². The van der Waals surface area contributed by atoms with E-state index in [2.05, 4.69) is 27.0 Å². The topological polar surface area (TPSA) is 42.7 Å². The van der Waals surface area contributed by atoms with Gasteiger partial charge in [-0.15, -0.1) is 22.6 Å². The lowest BCUT2D eigenvalue weighted by Gasteiger charge is -2.05. The summed E-state index contributed by atoms with van der Waals surface area (Å²) in [4.78, 5) is 0. The van der Waals surface area contributed by atoms with Crippen LogP contribution < -0.4 is 5.32 Å². The third-order valence-corrected chi connectivity index (χ3v) is 2.70. The first-order valence-corrected chi connectivity index (χ1v) is 5.53. The Kier molecular flexibility index (Phi) is 5.05. The fraction of sp³-hybridized carbons (Fsp3) is 0.800. The third-order valence-electron chi connectivity index (χ3n) is 2.70. The number of unbranched alkanes of at least 4 members (excludes halogenated alkanes) is 1. The van der Waals surface area contributed by atoms with Crippen molar-refractivity contribution in [3.63, 3.8) is 0 Å². The van der Waals surface area contributed by atoms with Crippen molar-refractivity contribution in [3.8, 4) is 0 Å². The lowest BCUT2D eigenvalue weighted by atomic mass is 10.2. The first kappa shape index (κ1) is 12.5. The number of aryl methyl sites for hydroxylation is 1. The van der Waals surface area contributed by atoms with Crippen molar-refractivity contribution in [2.75, 3.05) is 13.1 Å². The fourth-order valence-corrected chi connectivity index (χ4v) is 1.85. The van der Waals surface area contributed by atoms with Crippen molar-refractivity contribution in [3.05, 3.63) is 11.6 Å². The Morgan fingerprint density at radius 3 is 3.00 bits per heavy atom. The standard InChI is InChI=1S/C10H18N4.ClH/c1-2-3-4-9-12-13-10-5-6-11-7-8-14(9)10;/h11H,2-8H2,1H3;1H. The molecule has 0 unspecified atom stereocenters. The van der Waals surface area contributed by atoms with Crippen molar-refractivity contribution < 1.29 is 0 Å². The van der Waals surface area contributed by atoms with E-state index in [0.717, 1.165) is 38.3 Å².